The minimum atomic E-state index is -0.909. The summed E-state index contributed by atoms with van der Waals surface area (Å²) in [5.41, 5.74) is 1.02. The van der Waals surface area contributed by atoms with E-state index in [-0.39, 0.29) is 0 Å². The van der Waals surface area contributed by atoms with Gasteiger partial charge in [0.1, 0.15) is 5.56 Å². The lowest BCUT2D eigenvalue weighted by atomic mass is 10.3. The van der Waals surface area contributed by atoms with E-state index in [4.69, 9.17) is 5.11 Å². The number of aryl methyl sites for hydroxylation is 1. The van der Waals surface area contributed by atoms with Gasteiger partial charge < -0.3 is 5.11 Å². The fourth-order valence-electron chi connectivity index (χ4n) is 1.06. The Morgan fingerprint density at radius 3 is 2.92 bits per heavy atom. The Morgan fingerprint density at radius 1 is 1.77 bits per heavy atom. The summed E-state index contributed by atoms with van der Waals surface area (Å²) in [5.74, 6) is 0.0367. The smallest absolute Gasteiger partial charge is 0.339 e. The summed E-state index contributed by atoms with van der Waals surface area (Å²) in [6.45, 7) is 2.54. The van der Waals surface area contributed by atoms with Gasteiger partial charge in [0.05, 0.1) is 12.7 Å². The molecular weight excluding hydrogens is 188 g/mol. The van der Waals surface area contributed by atoms with Crippen LogP contribution in [0.3, 0.4) is 0 Å². The highest BCUT2D eigenvalue weighted by atomic mass is 32.2. The van der Waals surface area contributed by atoms with Crippen LogP contribution >= 0.6 is 11.8 Å². The first-order chi connectivity index (χ1) is 6.16. The molecule has 0 amide bonds. The molecule has 0 radical (unpaired) electrons. The summed E-state index contributed by atoms with van der Waals surface area (Å²) in [6.07, 6.45) is 3.41. The van der Waals surface area contributed by atoms with Crippen molar-refractivity contribution in [3.63, 3.8) is 0 Å². The number of aromatic nitrogens is 2. The SMILES string of the molecule is CSCCn1ncc(C(=O)O)c1C. The second kappa shape index (κ2) is 4.32. The molecule has 0 saturated carbocycles. The molecule has 1 rings (SSSR count). The lowest BCUT2D eigenvalue weighted by Gasteiger charge is -2.02. The molecule has 0 spiro atoms. The lowest BCUT2D eigenvalue weighted by Crippen LogP contribution is -2.06. The van der Waals surface area contributed by atoms with Crippen LogP contribution in [0.5, 0.6) is 0 Å². The van der Waals surface area contributed by atoms with Gasteiger partial charge in [-0.05, 0) is 13.2 Å². The predicted molar refractivity (Wildman–Crippen MR) is 52.3 cm³/mol. The zero-order chi connectivity index (χ0) is 9.84. The van der Waals surface area contributed by atoms with Crippen LogP contribution in [0.2, 0.25) is 0 Å². The van der Waals surface area contributed by atoms with Crippen molar-refractivity contribution in [2.75, 3.05) is 12.0 Å². The van der Waals surface area contributed by atoms with E-state index in [0.29, 0.717) is 5.56 Å². The van der Waals surface area contributed by atoms with E-state index in [1.807, 2.05) is 6.26 Å². The summed E-state index contributed by atoms with van der Waals surface area (Å²) in [4.78, 5) is 10.7. The Hall–Kier alpha value is -0.970. The van der Waals surface area contributed by atoms with E-state index in [2.05, 4.69) is 5.10 Å². The number of thioether (sulfide) groups is 1. The topological polar surface area (TPSA) is 55.1 Å². The van der Waals surface area contributed by atoms with Gasteiger partial charge in [0, 0.05) is 11.4 Å². The zero-order valence-electron chi connectivity index (χ0n) is 7.65. The molecular formula is C8H12N2O2S. The van der Waals surface area contributed by atoms with Crippen molar-refractivity contribution in [3.8, 4) is 0 Å². The number of hydrogen-bond acceptors (Lipinski definition) is 3. The predicted octanol–water partition coefficient (Wildman–Crippen LogP) is 1.25. The molecule has 0 aliphatic carbocycles. The molecule has 5 heteroatoms. The molecule has 0 unspecified atom stereocenters. The molecule has 13 heavy (non-hydrogen) atoms. The van der Waals surface area contributed by atoms with Gasteiger partial charge in [-0.25, -0.2) is 4.79 Å². The molecule has 72 valence electrons. The summed E-state index contributed by atoms with van der Waals surface area (Å²) in [7, 11) is 0. The Balaban J connectivity index is 2.80. The van der Waals surface area contributed by atoms with E-state index in [1.165, 1.54) is 6.20 Å². The molecule has 0 aromatic carbocycles. The first-order valence-electron chi connectivity index (χ1n) is 3.91. The van der Waals surface area contributed by atoms with Crippen molar-refractivity contribution >= 4 is 17.7 Å². The van der Waals surface area contributed by atoms with Crippen LogP contribution in [0, 0.1) is 6.92 Å². The Morgan fingerprint density at radius 2 is 2.46 bits per heavy atom. The van der Waals surface area contributed by atoms with Crippen molar-refractivity contribution < 1.29 is 9.90 Å². The molecule has 0 saturated heterocycles. The fourth-order valence-corrected chi connectivity index (χ4v) is 1.42. The van der Waals surface area contributed by atoms with Gasteiger partial charge in [0.25, 0.3) is 0 Å². The van der Waals surface area contributed by atoms with Crippen molar-refractivity contribution in [3.05, 3.63) is 17.5 Å². The summed E-state index contributed by atoms with van der Waals surface area (Å²) in [6, 6.07) is 0. The van der Waals surface area contributed by atoms with E-state index in [1.54, 1.807) is 23.4 Å². The number of carboxylic acids is 1. The average Bonchev–Trinajstić information content (AvgIpc) is 2.43. The standard InChI is InChI=1S/C8H12N2O2S/c1-6-7(8(11)12)5-9-10(6)3-4-13-2/h5H,3-4H2,1-2H3,(H,11,12). The quantitative estimate of drug-likeness (QED) is 0.794. The number of aromatic carboxylic acids is 1. The maximum absolute atomic E-state index is 10.7. The molecule has 1 aromatic rings. The molecule has 0 fully saturated rings. The van der Waals surface area contributed by atoms with Gasteiger partial charge in [-0.2, -0.15) is 16.9 Å². The largest absolute Gasteiger partial charge is 0.478 e. The second-order valence-electron chi connectivity index (χ2n) is 2.66. The van der Waals surface area contributed by atoms with Crippen molar-refractivity contribution in [2.24, 2.45) is 0 Å². The van der Waals surface area contributed by atoms with E-state index >= 15 is 0 Å². The van der Waals surface area contributed by atoms with E-state index in [0.717, 1.165) is 18.0 Å². The first kappa shape index (κ1) is 10.1. The molecule has 4 nitrogen and oxygen atoms in total. The normalized spacial score (nSPS) is 10.3. The van der Waals surface area contributed by atoms with Crippen molar-refractivity contribution in [1.29, 1.82) is 0 Å². The molecule has 1 N–H and O–H groups in total. The monoisotopic (exact) mass is 200 g/mol. The third kappa shape index (κ3) is 2.24. The highest BCUT2D eigenvalue weighted by molar-refractivity contribution is 7.98. The average molecular weight is 200 g/mol. The lowest BCUT2D eigenvalue weighted by molar-refractivity contribution is 0.0696. The zero-order valence-corrected chi connectivity index (χ0v) is 8.47. The molecule has 0 atom stereocenters. The molecule has 0 aliphatic rings. The van der Waals surface area contributed by atoms with Gasteiger partial charge in [-0.3, -0.25) is 4.68 Å². The number of hydrogen-bond donors (Lipinski definition) is 1. The van der Waals surface area contributed by atoms with Crippen LogP contribution in [-0.2, 0) is 6.54 Å². The number of carbonyl (C=O) groups is 1. The molecule has 1 heterocycles. The number of carboxylic acid groups (broad SMARTS) is 1. The number of nitrogens with zero attached hydrogens (tertiary/aromatic N) is 2. The van der Waals surface area contributed by atoms with Gasteiger partial charge in [0.15, 0.2) is 0 Å². The van der Waals surface area contributed by atoms with Gasteiger partial charge >= 0.3 is 5.97 Å². The van der Waals surface area contributed by atoms with Crippen LogP contribution in [0.25, 0.3) is 0 Å². The highest BCUT2D eigenvalue weighted by Gasteiger charge is 2.11. The summed E-state index contributed by atoms with van der Waals surface area (Å²) >= 11 is 1.71. The highest BCUT2D eigenvalue weighted by Crippen LogP contribution is 2.07. The summed E-state index contributed by atoms with van der Waals surface area (Å²) in [5, 5.41) is 12.7. The molecule has 0 bridgehead atoms. The van der Waals surface area contributed by atoms with Crippen LogP contribution in [0.15, 0.2) is 6.20 Å². The fraction of sp³-hybridized carbons (Fsp3) is 0.500. The van der Waals surface area contributed by atoms with Crippen molar-refractivity contribution in [1.82, 2.24) is 9.78 Å². The Bertz CT molecular complexity index is 309. The van der Waals surface area contributed by atoms with Gasteiger partial charge in [-0.1, -0.05) is 0 Å². The van der Waals surface area contributed by atoms with E-state index in [9.17, 15) is 4.79 Å². The van der Waals surface area contributed by atoms with Crippen LogP contribution in [0.4, 0.5) is 0 Å². The third-order valence-electron chi connectivity index (χ3n) is 1.84. The summed E-state index contributed by atoms with van der Waals surface area (Å²) < 4.78 is 1.72. The Labute approximate surface area is 80.9 Å². The Kier molecular flexibility index (Phi) is 3.36. The first-order valence-corrected chi connectivity index (χ1v) is 5.31. The molecule has 0 aliphatic heterocycles. The van der Waals surface area contributed by atoms with Gasteiger partial charge in [-0.15, -0.1) is 0 Å². The minimum Gasteiger partial charge on any atom is -0.478 e. The number of rotatable bonds is 4. The maximum Gasteiger partial charge on any atom is 0.339 e. The third-order valence-corrected chi connectivity index (χ3v) is 2.43. The minimum absolute atomic E-state index is 0.293. The molecule has 1 aromatic heterocycles. The van der Waals surface area contributed by atoms with Crippen LogP contribution in [-0.4, -0.2) is 32.9 Å². The maximum atomic E-state index is 10.7. The second-order valence-corrected chi connectivity index (χ2v) is 3.65. The van der Waals surface area contributed by atoms with Gasteiger partial charge in [0.2, 0.25) is 0 Å². The van der Waals surface area contributed by atoms with E-state index < -0.39 is 5.97 Å². The van der Waals surface area contributed by atoms with Crippen LogP contribution < -0.4 is 0 Å². The van der Waals surface area contributed by atoms with Crippen LogP contribution in [0.1, 0.15) is 16.1 Å². The van der Waals surface area contributed by atoms with Crippen molar-refractivity contribution in [2.45, 2.75) is 13.5 Å².